The van der Waals surface area contributed by atoms with Crippen molar-refractivity contribution in [1.82, 2.24) is 4.90 Å². The van der Waals surface area contributed by atoms with Gasteiger partial charge < -0.3 is 4.74 Å². The summed E-state index contributed by atoms with van der Waals surface area (Å²) in [6.45, 7) is 8.83. The van der Waals surface area contributed by atoms with E-state index in [0.29, 0.717) is 5.56 Å². The number of benzene rings is 2. The Morgan fingerprint density at radius 2 is 1.76 bits per heavy atom. The van der Waals surface area contributed by atoms with Gasteiger partial charge in [0.2, 0.25) is 5.78 Å². The van der Waals surface area contributed by atoms with Gasteiger partial charge in [0, 0.05) is 12.1 Å². The van der Waals surface area contributed by atoms with Crippen LogP contribution in [0.4, 0.5) is 0 Å². The zero-order chi connectivity index (χ0) is 21.3. The van der Waals surface area contributed by atoms with Gasteiger partial charge in [-0.05, 0) is 50.6 Å². The third-order valence-corrected chi connectivity index (χ3v) is 4.83. The summed E-state index contributed by atoms with van der Waals surface area (Å²) in [7, 11) is 0. The van der Waals surface area contributed by atoms with E-state index in [1.54, 1.807) is 6.07 Å². The highest BCUT2D eigenvalue weighted by atomic mass is 16.5. The number of carbonyl (C=O) groups excluding carboxylic acids is 4. The lowest BCUT2D eigenvalue weighted by atomic mass is 9.99. The Bertz CT molecular complexity index is 1050. The number of esters is 1. The summed E-state index contributed by atoms with van der Waals surface area (Å²) in [5.41, 5.74) is 2.70. The first-order valence-corrected chi connectivity index (χ1v) is 9.18. The molecule has 6 nitrogen and oxygen atoms in total. The van der Waals surface area contributed by atoms with E-state index in [2.05, 4.69) is 6.58 Å². The molecule has 0 fully saturated rings. The molecule has 0 bridgehead atoms. The Morgan fingerprint density at radius 3 is 2.45 bits per heavy atom. The maximum Gasteiger partial charge on any atom is 0.338 e. The van der Waals surface area contributed by atoms with Crippen LogP contribution in [-0.4, -0.2) is 41.1 Å². The monoisotopic (exact) mass is 391 g/mol. The van der Waals surface area contributed by atoms with Crippen molar-refractivity contribution in [3.8, 4) is 0 Å². The van der Waals surface area contributed by atoms with Crippen LogP contribution in [0.2, 0.25) is 0 Å². The summed E-state index contributed by atoms with van der Waals surface area (Å²) in [5, 5.41) is 0. The number of hydrogen-bond acceptors (Lipinski definition) is 5. The second-order valence-electron chi connectivity index (χ2n) is 7.00. The van der Waals surface area contributed by atoms with Crippen molar-refractivity contribution in [1.29, 1.82) is 0 Å². The van der Waals surface area contributed by atoms with E-state index in [-0.39, 0.29) is 29.0 Å². The highest BCUT2D eigenvalue weighted by Gasteiger charge is 2.35. The highest BCUT2D eigenvalue weighted by Crippen LogP contribution is 2.24. The van der Waals surface area contributed by atoms with Gasteiger partial charge in [-0.25, -0.2) is 4.79 Å². The molecule has 1 atom stereocenters. The highest BCUT2D eigenvalue weighted by molar-refractivity contribution is 6.22. The smallest absolute Gasteiger partial charge is 0.338 e. The summed E-state index contributed by atoms with van der Waals surface area (Å²) in [4.78, 5) is 50.9. The molecule has 29 heavy (non-hydrogen) atoms. The van der Waals surface area contributed by atoms with E-state index in [4.69, 9.17) is 4.74 Å². The summed E-state index contributed by atoms with van der Waals surface area (Å²) < 4.78 is 5.33. The number of rotatable bonds is 6. The predicted molar refractivity (Wildman–Crippen MR) is 107 cm³/mol. The molecule has 148 valence electrons. The van der Waals surface area contributed by atoms with Gasteiger partial charge in [0.1, 0.15) is 0 Å². The van der Waals surface area contributed by atoms with Crippen LogP contribution in [-0.2, 0) is 4.74 Å². The van der Waals surface area contributed by atoms with E-state index < -0.39 is 23.9 Å². The second-order valence-corrected chi connectivity index (χ2v) is 7.00. The van der Waals surface area contributed by atoms with Crippen molar-refractivity contribution in [2.45, 2.75) is 26.9 Å². The average Bonchev–Trinajstić information content (AvgIpc) is 2.94. The maximum atomic E-state index is 12.7. The maximum absolute atomic E-state index is 12.7. The normalized spacial score (nSPS) is 13.8. The number of aryl methyl sites for hydroxylation is 2. The molecule has 2 aromatic rings. The van der Waals surface area contributed by atoms with Crippen LogP contribution in [0.3, 0.4) is 0 Å². The van der Waals surface area contributed by atoms with Crippen LogP contribution in [0.15, 0.2) is 49.1 Å². The molecule has 0 spiro atoms. The molecular weight excluding hydrogens is 370 g/mol. The molecular formula is C23H21NO5. The zero-order valence-electron chi connectivity index (χ0n) is 16.5. The third kappa shape index (κ3) is 3.74. The molecule has 0 saturated heterocycles. The number of carbonyl (C=O) groups is 4. The van der Waals surface area contributed by atoms with E-state index >= 15 is 0 Å². The van der Waals surface area contributed by atoms with Crippen LogP contribution < -0.4 is 0 Å². The number of ether oxygens (including phenoxy) is 1. The van der Waals surface area contributed by atoms with Gasteiger partial charge in [-0.1, -0.05) is 23.8 Å². The van der Waals surface area contributed by atoms with E-state index in [1.165, 1.54) is 31.2 Å². The van der Waals surface area contributed by atoms with Gasteiger partial charge in [-0.3, -0.25) is 19.3 Å². The summed E-state index contributed by atoms with van der Waals surface area (Å²) in [6, 6.07) is 9.67. The molecule has 0 aliphatic carbocycles. The number of imide groups is 1. The van der Waals surface area contributed by atoms with Gasteiger partial charge >= 0.3 is 5.97 Å². The van der Waals surface area contributed by atoms with Crippen molar-refractivity contribution < 1.29 is 23.9 Å². The van der Waals surface area contributed by atoms with E-state index in [0.717, 1.165) is 16.0 Å². The molecule has 0 aromatic heterocycles. The molecule has 0 radical (unpaired) electrons. The topological polar surface area (TPSA) is 80.8 Å². The quantitative estimate of drug-likeness (QED) is 0.326. The van der Waals surface area contributed by atoms with Gasteiger partial charge in [-0.15, -0.1) is 6.58 Å². The number of ketones is 1. The number of Topliss-reactive ketones (excluding diaryl/α,β-unsaturated/α-hetero) is 1. The largest absolute Gasteiger partial charge is 0.451 e. The molecule has 3 rings (SSSR count). The fourth-order valence-electron chi connectivity index (χ4n) is 3.22. The minimum Gasteiger partial charge on any atom is -0.451 e. The Hall–Kier alpha value is -3.54. The number of hydrogen-bond donors (Lipinski definition) is 0. The molecule has 1 heterocycles. The van der Waals surface area contributed by atoms with Crippen molar-refractivity contribution in [3.05, 3.63) is 82.4 Å². The fraction of sp³-hybridized carbons (Fsp3) is 0.217. The Balaban J connectivity index is 1.79. The van der Waals surface area contributed by atoms with Crippen LogP contribution in [0.5, 0.6) is 0 Å². The second kappa shape index (κ2) is 7.83. The summed E-state index contributed by atoms with van der Waals surface area (Å²) >= 11 is 0. The summed E-state index contributed by atoms with van der Waals surface area (Å²) in [5.74, 6) is -1.95. The van der Waals surface area contributed by atoms with E-state index in [9.17, 15) is 19.2 Å². The average molecular weight is 391 g/mol. The first kappa shape index (κ1) is 20.2. The standard InChI is InChI=1S/C23H21NO5/c1-5-10-24-21(26)17-9-8-16(12-19(17)22(24)27)23(28)29-15(4)20(25)18-11-13(2)6-7-14(18)3/h5-9,11-12,15H,1,10H2,2-4H3/t15-/m1/s1. The first-order valence-electron chi connectivity index (χ1n) is 9.18. The van der Waals surface area contributed by atoms with Crippen LogP contribution >= 0.6 is 0 Å². The molecule has 2 amide bonds. The Labute approximate surface area is 168 Å². The lowest BCUT2D eigenvalue weighted by Gasteiger charge is -2.14. The first-order chi connectivity index (χ1) is 13.7. The van der Waals surface area contributed by atoms with Gasteiger partial charge in [0.15, 0.2) is 6.10 Å². The van der Waals surface area contributed by atoms with Gasteiger partial charge in [0.05, 0.1) is 16.7 Å². The minimum atomic E-state index is -0.995. The molecule has 1 aliphatic rings. The molecule has 1 aliphatic heterocycles. The fourth-order valence-corrected chi connectivity index (χ4v) is 3.22. The van der Waals surface area contributed by atoms with Gasteiger partial charge in [0.25, 0.3) is 11.8 Å². The Kier molecular flexibility index (Phi) is 5.46. The van der Waals surface area contributed by atoms with E-state index in [1.807, 2.05) is 26.0 Å². The van der Waals surface area contributed by atoms with Crippen molar-refractivity contribution >= 4 is 23.6 Å². The lowest BCUT2D eigenvalue weighted by Crippen LogP contribution is -2.29. The van der Waals surface area contributed by atoms with Gasteiger partial charge in [-0.2, -0.15) is 0 Å². The Morgan fingerprint density at radius 1 is 1.07 bits per heavy atom. The molecule has 0 saturated carbocycles. The molecule has 6 heteroatoms. The number of nitrogens with zero attached hydrogens (tertiary/aromatic N) is 1. The molecule has 0 unspecified atom stereocenters. The SMILES string of the molecule is C=CCN1C(=O)c2ccc(C(=O)O[C@H](C)C(=O)c3cc(C)ccc3C)cc2C1=O. The predicted octanol–water partition coefficient (Wildman–Crippen LogP) is 3.51. The van der Waals surface area contributed by atoms with Crippen LogP contribution in [0.25, 0.3) is 0 Å². The third-order valence-electron chi connectivity index (χ3n) is 4.83. The summed E-state index contributed by atoms with van der Waals surface area (Å²) in [6.07, 6.45) is 0.461. The van der Waals surface area contributed by atoms with Crippen molar-refractivity contribution in [2.75, 3.05) is 6.54 Å². The zero-order valence-corrected chi connectivity index (χ0v) is 16.5. The number of amides is 2. The molecule has 0 N–H and O–H groups in total. The van der Waals surface area contributed by atoms with Crippen molar-refractivity contribution in [2.24, 2.45) is 0 Å². The lowest BCUT2D eigenvalue weighted by molar-refractivity contribution is 0.0318. The number of fused-ring (bicyclic) bond motifs is 1. The van der Waals surface area contributed by atoms with Crippen LogP contribution in [0.1, 0.15) is 59.5 Å². The van der Waals surface area contributed by atoms with Crippen LogP contribution in [0, 0.1) is 13.8 Å². The molecule has 2 aromatic carbocycles. The van der Waals surface area contributed by atoms with Crippen molar-refractivity contribution in [3.63, 3.8) is 0 Å². The minimum absolute atomic E-state index is 0.0908.